The van der Waals surface area contributed by atoms with Gasteiger partial charge in [0.15, 0.2) is 0 Å². The molecule has 0 aliphatic carbocycles. The normalized spacial score (nSPS) is 24.6. The Morgan fingerprint density at radius 2 is 2.20 bits per heavy atom. The molecule has 0 aromatic heterocycles. The molecule has 1 saturated heterocycles. The zero-order valence-electron chi connectivity index (χ0n) is 9.95. The van der Waals surface area contributed by atoms with Gasteiger partial charge in [0.25, 0.3) is 0 Å². The van der Waals surface area contributed by atoms with Crippen molar-refractivity contribution in [3.63, 3.8) is 0 Å². The molecule has 0 bridgehead atoms. The number of nitrogens with zero attached hydrogens (tertiary/aromatic N) is 2. The summed E-state index contributed by atoms with van der Waals surface area (Å²) >= 11 is 0. The Bertz CT molecular complexity index is 302. The maximum Gasteiger partial charge on any atom is 0.123 e. The van der Waals surface area contributed by atoms with E-state index in [0.29, 0.717) is 11.8 Å². The standard InChI is InChI=1S/C12H21N3/c1-9(2)14-12(13)7-10(3)11-5-6-15(4)8-11/h7,11H,1,5-6,8H2,2-4H3,(H2,13,14)/b10-7+. The van der Waals surface area contributed by atoms with Crippen molar-refractivity contribution in [2.45, 2.75) is 20.3 Å². The highest BCUT2D eigenvalue weighted by molar-refractivity contribution is 5.92. The average Bonchev–Trinajstić information content (AvgIpc) is 2.49. The van der Waals surface area contributed by atoms with E-state index in [1.54, 1.807) is 0 Å². The smallest absolute Gasteiger partial charge is 0.123 e. The zero-order valence-corrected chi connectivity index (χ0v) is 9.95. The number of likely N-dealkylation sites (tertiary alicyclic amines) is 1. The molecule has 0 spiro atoms. The Hall–Kier alpha value is -1.09. The summed E-state index contributed by atoms with van der Waals surface area (Å²) in [5.74, 6) is 1.20. The second-order valence-electron chi connectivity index (χ2n) is 4.41. The van der Waals surface area contributed by atoms with Crippen molar-refractivity contribution in [3.05, 3.63) is 23.9 Å². The van der Waals surface area contributed by atoms with Crippen molar-refractivity contribution in [1.29, 1.82) is 0 Å². The molecule has 0 radical (unpaired) electrons. The van der Waals surface area contributed by atoms with Crippen LogP contribution in [0.4, 0.5) is 0 Å². The summed E-state index contributed by atoms with van der Waals surface area (Å²) in [6.45, 7) is 9.98. The maximum absolute atomic E-state index is 5.78. The molecule has 0 aromatic rings. The van der Waals surface area contributed by atoms with Crippen LogP contribution in [0.3, 0.4) is 0 Å². The van der Waals surface area contributed by atoms with Gasteiger partial charge in [0, 0.05) is 12.2 Å². The van der Waals surface area contributed by atoms with E-state index in [1.165, 1.54) is 18.5 Å². The van der Waals surface area contributed by atoms with Gasteiger partial charge < -0.3 is 10.6 Å². The fourth-order valence-corrected chi connectivity index (χ4v) is 1.91. The third-order valence-corrected chi connectivity index (χ3v) is 2.73. The quantitative estimate of drug-likeness (QED) is 0.566. The summed E-state index contributed by atoms with van der Waals surface area (Å²) in [4.78, 5) is 6.46. The first kappa shape index (κ1) is 12.0. The van der Waals surface area contributed by atoms with Crippen LogP contribution in [0.2, 0.25) is 0 Å². The second-order valence-corrected chi connectivity index (χ2v) is 4.41. The van der Waals surface area contributed by atoms with Gasteiger partial charge in [-0.25, -0.2) is 4.99 Å². The van der Waals surface area contributed by atoms with Gasteiger partial charge >= 0.3 is 0 Å². The predicted molar refractivity (Wildman–Crippen MR) is 65.8 cm³/mol. The summed E-state index contributed by atoms with van der Waals surface area (Å²) < 4.78 is 0. The van der Waals surface area contributed by atoms with Crippen molar-refractivity contribution < 1.29 is 0 Å². The van der Waals surface area contributed by atoms with Gasteiger partial charge in [0.05, 0.1) is 0 Å². The molecule has 2 N–H and O–H groups in total. The molecule has 1 atom stereocenters. The van der Waals surface area contributed by atoms with Crippen LogP contribution in [0.5, 0.6) is 0 Å². The van der Waals surface area contributed by atoms with Gasteiger partial charge in [-0.1, -0.05) is 12.2 Å². The highest BCUT2D eigenvalue weighted by atomic mass is 15.1. The van der Waals surface area contributed by atoms with E-state index in [0.717, 1.165) is 12.2 Å². The lowest BCUT2D eigenvalue weighted by atomic mass is 9.99. The van der Waals surface area contributed by atoms with E-state index in [9.17, 15) is 0 Å². The first-order valence-corrected chi connectivity index (χ1v) is 5.35. The molecular weight excluding hydrogens is 186 g/mol. The van der Waals surface area contributed by atoms with Crippen LogP contribution < -0.4 is 5.73 Å². The van der Waals surface area contributed by atoms with Gasteiger partial charge in [-0.15, -0.1) is 0 Å². The molecule has 1 fully saturated rings. The lowest BCUT2D eigenvalue weighted by Gasteiger charge is -2.10. The van der Waals surface area contributed by atoms with Crippen LogP contribution in [-0.2, 0) is 0 Å². The van der Waals surface area contributed by atoms with Crippen molar-refractivity contribution in [1.82, 2.24) is 4.90 Å². The van der Waals surface area contributed by atoms with Gasteiger partial charge in [-0.05, 0) is 45.9 Å². The number of hydrogen-bond donors (Lipinski definition) is 1. The number of aliphatic imine (C=N–C) groups is 1. The van der Waals surface area contributed by atoms with Gasteiger partial charge in [0.2, 0.25) is 0 Å². The minimum Gasteiger partial charge on any atom is -0.384 e. The van der Waals surface area contributed by atoms with Crippen molar-refractivity contribution >= 4 is 5.84 Å². The van der Waals surface area contributed by atoms with E-state index < -0.39 is 0 Å². The number of amidine groups is 1. The SMILES string of the molecule is C=C(C)N=C(N)/C=C(\C)C1CCN(C)C1. The minimum absolute atomic E-state index is 0.564. The molecular formula is C12H21N3. The molecule has 1 aliphatic heterocycles. The van der Waals surface area contributed by atoms with Crippen LogP contribution in [0.15, 0.2) is 28.9 Å². The molecule has 1 aliphatic rings. The third-order valence-electron chi connectivity index (χ3n) is 2.73. The van der Waals surface area contributed by atoms with Crippen molar-refractivity contribution in [3.8, 4) is 0 Å². The third kappa shape index (κ3) is 3.88. The Labute approximate surface area is 92.4 Å². The molecule has 1 unspecified atom stereocenters. The lowest BCUT2D eigenvalue weighted by molar-refractivity contribution is 0.405. The fraction of sp³-hybridized carbons (Fsp3) is 0.583. The zero-order chi connectivity index (χ0) is 11.4. The van der Waals surface area contributed by atoms with E-state index in [1.807, 2.05) is 13.0 Å². The highest BCUT2D eigenvalue weighted by Gasteiger charge is 2.20. The predicted octanol–water partition coefficient (Wildman–Crippen LogP) is 1.78. The van der Waals surface area contributed by atoms with E-state index in [-0.39, 0.29) is 0 Å². The van der Waals surface area contributed by atoms with Crippen molar-refractivity contribution in [2.24, 2.45) is 16.6 Å². The lowest BCUT2D eigenvalue weighted by Crippen LogP contribution is -2.16. The summed E-state index contributed by atoms with van der Waals surface area (Å²) in [5, 5.41) is 0. The van der Waals surface area contributed by atoms with E-state index >= 15 is 0 Å². The van der Waals surface area contributed by atoms with Gasteiger partial charge in [-0.2, -0.15) is 0 Å². The van der Waals surface area contributed by atoms with Gasteiger partial charge in [-0.3, -0.25) is 0 Å². The fourth-order valence-electron chi connectivity index (χ4n) is 1.91. The number of allylic oxidation sites excluding steroid dienone is 1. The molecule has 15 heavy (non-hydrogen) atoms. The molecule has 84 valence electrons. The topological polar surface area (TPSA) is 41.6 Å². The highest BCUT2D eigenvalue weighted by Crippen LogP contribution is 2.21. The van der Waals surface area contributed by atoms with E-state index in [4.69, 9.17) is 5.73 Å². The summed E-state index contributed by atoms with van der Waals surface area (Å²) in [6, 6.07) is 0. The van der Waals surface area contributed by atoms with Crippen LogP contribution in [0, 0.1) is 5.92 Å². The minimum atomic E-state index is 0.564. The molecule has 0 aromatic carbocycles. The summed E-state index contributed by atoms with van der Waals surface area (Å²) in [6.07, 6.45) is 3.19. The molecule has 1 rings (SSSR count). The molecule has 3 heteroatoms. The maximum atomic E-state index is 5.78. The number of rotatable bonds is 3. The molecule has 1 heterocycles. The van der Waals surface area contributed by atoms with Crippen LogP contribution in [0.25, 0.3) is 0 Å². The second kappa shape index (κ2) is 5.12. The Morgan fingerprint density at radius 3 is 2.67 bits per heavy atom. The molecule has 0 amide bonds. The van der Waals surface area contributed by atoms with Gasteiger partial charge in [0.1, 0.15) is 5.84 Å². The monoisotopic (exact) mass is 207 g/mol. The molecule has 0 saturated carbocycles. The average molecular weight is 207 g/mol. The van der Waals surface area contributed by atoms with Crippen molar-refractivity contribution in [2.75, 3.05) is 20.1 Å². The van der Waals surface area contributed by atoms with Crippen LogP contribution in [0.1, 0.15) is 20.3 Å². The summed E-state index contributed by atoms with van der Waals surface area (Å²) in [5.41, 5.74) is 7.85. The Morgan fingerprint density at radius 1 is 1.53 bits per heavy atom. The van der Waals surface area contributed by atoms with Crippen LogP contribution >= 0.6 is 0 Å². The number of nitrogens with two attached hydrogens (primary N) is 1. The first-order valence-electron chi connectivity index (χ1n) is 5.35. The first-order chi connectivity index (χ1) is 6.99. The van der Waals surface area contributed by atoms with E-state index in [2.05, 4.69) is 30.4 Å². The van der Waals surface area contributed by atoms with Crippen LogP contribution in [-0.4, -0.2) is 30.9 Å². The Balaban J connectivity index is 2.63. The summed E-state index contributed by atoms with van der Waals surface area (Å²) in [7, 11) is 2.15. The Kier molecular flexibility index (Phi) is 4.09. The number of hydrogen-bond acceptors (Lipinski definition) is 2. The largest absolute Gasteiger partial charge is 0.384 e. The molecule has 3 nitrogen and oxygen atoms in total.